The van der Waals surface area contributed by atoms with Crippen molar-refractivity contribution < 1.29 is 23.8 Å². The molecule has 1 aliphatic rings. The molecule has 23 heavy (non-hydrogen) atoms. The Morgan fingerprint density at radius 2 is 2.22 bits per heavy atom. The van der Waals surface area contributed by atoms with Gasteiger partial charge in [0, 0.05) is 19.5 Å². The predicted molar refractivity (Wildman–Crippen MR) is 82.8 cm³/mol. The number of nitrogens with zero attached hydrogens (tertiary/aromatic N) is 1. The highest BCUT2D eigenvalue weighted by Crippen LogP contribution is 2.22. The summed E-state index contributed by atoms with van der Waals surface area (Å²) in [5, 5.41) is 8.74. The van der Waals surface area contributed by atoms with Crippen molar-refractivity contribution >= 4 is 11.9 Å². The smallest absolute Gasteiger partial charge is 0.303 e. The Hall–Kier alpha value is -2.11. The maximum atomic E-state index is 13.6. The molecule has 0 radical (unpaired) electrons. The maximum Gasteiger partial charge on any atom is 0.303 e. The molecule has 1 aromatic rings. The lowest BCUT2D eigenvalue weighted by molar-refractivity contribution is -0.137. The van der Waals surface area contributed by atoms with Gasteiger partial charge in [-0.15, -0.1) is 0 Å². The number of likely N-dealkylation sites (tertiary alicyclic amines) is 1. The van der Waals surface area contributed by atoms with Gasteiger partial charge in [-0.25, -0.2) is 4.39 Å². The number of piperidine rings is 1. The van der Waals surface area contributed by atoms with E-state index in [1.807, 2.05) is 6.92 Å². The van der Waals surface area contributed by atoms with Crippen molar-refractivity contribution in [1.29, 1.82) is 0 Å². The number of carbonyl (C=O) groups excluding carboxylic acids is 1. The minimum Gasteiger partial charge on any atom is -0.481 e. The number of aryl methyl sites for hydroxylation is 1. The van der Waals surface area contributed by atoms with Gasteiger partial charge in [-0.1, -0.05) is 6.07 Å². The second kappa shape index (κ2) is 7.94. The Morgan fingerprint density at radius 3 is 2.96 bits per heavy atom. The lowest BCUT2D eigenvalue weighted by atomic mass is 9.93. The topological polar surface area (TPSA) is 66.8 Å². The van der Waals surface area contributed by atoms with Crippen molar-refractivity contribution in [1.82, 2.24) is 4.90 Å². The zero-order valence-electron chi connectivity index (χ0n) is 13.3. The predicted octanol–water partition coefficient (Wildman–Crippen LogP) is 2.62. The second-order valence-electron chi connectivity index (χ2n) is 6.00. The Labute approximate surface area is 135 Å². The SMILES string of the molecule is Cc1ccc(F)c(OCC(=O)N2CCC[C@@H](CCC(=O)O)C2)c1. The summed E-state index contributed by atoms with van der Waals surface area (Å²) in [6.07, 6.45) is 2.49. The van der Waals surface area contributed by atoms with Gasteiger partial charge in [-0.2, -0.15) is 0 Å². The van der Waals surface area contributed by atoms with Gasteiger partial charge in [0.15, 0.2) is 18.2 Å². The number of amides is 1. The molecule has 1 N–H and O–H groups in total. The van der Waals surface area contributed by atoms with Gasteiger partial charge < -0.3 is 14.7 Å². The Morgan fingerprint density at radius 1 is 1.43 bits per heavy atom. The van der Waals surface area contributed by atoms with E-state index in [9.17, 15) is 14.0 Å². The molecular formula is C17H22FNO4. The summed E-state index contributed by atoms with van der Waals surface area (Å²) in [5.74, 6) is -1.20. The summed E-state index contributed by atoms with van der Waals surface area (Å²) >= 11 is 0. The van der Waals surface area contributed by atoms with Crippen LogP contribution in [-0.2, 0) is 9.59 Å². The normalized spacial score (nSPS) is 17.8. The summed E-state index contributed by atoms with van der Waals surface area (Å²) < 4.78 is 18.9. The summed E-state index contributed by atoms with van der Waals surface area (Å²) in [5.41, 5.74) is 0.862. The van der Waals surface area contributed by atoms with E-state index in [0.29, 0.717) is 19.5 Å². The van der Waals surface area contributed by atoms with Crippen LogP contribution in [0.25, 0.3) is 0 Å². The third-order valence-electron chi connectivity index (χ3n) is 4.08. The molecule has 0 aromatic heterocycles. The van der Waals surface area contributed by atoms with Crippen molar-refractivity contribution in [3.63, 3.8) is 0 Å². The van der Waals surface area contributed by atoms with Gasteiger partial charge in [0.05, 0.1) is 0 Å². The van der Waals surface area contributed by atoms with E-state index in [4.69, 9.17) is 9.84 Å². The van der Waals surface area contributed by atoms with Crippen molar-refractivity contribution in [2.75, 3.05) is 19.7 Å². The fraction of sp³-hybridized carbons (Fsp3) is 0.529. The molecule has 0 bridgehead atoms. The third kappa shape index (κ3) is 5.23. The number of carboxylic acid groups (broad SMARTS) is 1. The Kier molecular flexibility index (Phi) is 5.96. The zero-order chi connectivity index (χ0) is 16.8. The monoisotopic (exact) mass is 323 g/mol. The van der Waals surface area contributed by atoms with Gasteiger partial charge in [0.2, 0.25) is 0 Å². The van der Waals surface area contributed by atoms with E-state index >= 15 is 0 Å². The molecule has 0 unspecified atom stereocenters. The number of carboxylic acids is 1. The van der Waals surface area contributed by atoms with Gasteiger partial charge >= 0.3 is 5.97 Å². The zero-order valence-corrected chi connectivity index (χ0v) is 13.3. The van der Waals surface area contributed by atoms with E-state index in [0.717, 1.165) is 18.4 Å². The third-order valence-corrected chi connectivity index (χ3v) is 4.08. The van der Waals surface area contributed by atoms with E-state index in [-0.39, 0.29) is 30.6 Å². The van der Waals surface area contributed by atoms with Crippen molar-refractivity contribution in [2.45, 2.75) is 32.6 Å². The number of carbonyl (C=O) groups is 2. The number of benzene rings is 1. The first kappa shape index (κ1) is 17.2. The van der Waals surface area contributed by atoms with Gasteiger partial charge in [0.25, 0.3) is 5.91 Å². The molecule has 1 amide bonds. The van der Waals surface area contributed by atoms with E-state index in [1.54, 1.807) is 17.0 Å². The van der Waals surface area contributed by atoms with E-state index in [2.05, 4.69) is 0 Å². The van der Waals surface area contributed by atoms with Crippen LogP contribution in [0.1, 0.15) is 31.2 Å². The first-order valence-corrected chi connectivity index (χ1v) is 7.84. The van der Waals surface area contributed by atoms with E-state index < -0.39 is 11.8 Å². The molecule has 1 aromatic carbocycles. The highest BCUT2D eigenvalue weighted by molar-refractivity contribution is 5.78. The van der Waals surface area contributed by atoms with Crippen LogP contribution >= 0.6 is 0 Å². The van der Waals surface area contributed by atoms with Gasteiger partial charge in [-0.3, -0.25) is 9.59 Å². The molecule has 0 spiro atoms. The van der Waals surface area contributed by atoms with Crippen LogP contribution in [0.2, 0.25) is 0 Å². The van der Waals surface area contributed by atoms with Crippen LogP contribution in [0, 0.1) is 18.7 Å². The molecule has 5 nitrogen and oxygen atoms in total. The van der Waals surface area contributed by atoms with Gasteiger partial charge in [-0.05, 0) is 49.8 Å². The Bertz CT molecular complexity index is 576. The molecule has 126 valence electrons. The fourth-order valence-corrected chi connectivity index (χ4v) is 2.81. The van der Waals surface area contributed by atoms with Crippen LogP contribution in [-0.4, -0.2) is 41.6 Å². The minimum atomic E-state index is -0.813. The highest BCUT2D eigenvalue weighted by Gasteiger charge is 2.24. The number of halogens is 1. The standard InChI is InChI=1S/C17H22FNO4/c1-12-4-6-14(18)15(9-12)23-11-16(20)19-8-2-3-13(10-19)5-7-17(21)22/h4,6,9,13H,2-3,5,7-8,10-11H2,1H3,(H,21,22)/t13-/m0/s1. The summed E-state index contributed by atoms with van der Waals surface area (Å²) in [7, 11) is 0. The summed E-state index contributed by atoms with van der Waals surface area (Å²) in [6, 6.07) is 4.52. The first-order valence-electron chi connectivity index (χ1n) is 7.84. The van der Waals surface area contributed by atoms with Crippen molar-refractivity contribution in [3.05, 3.63) is 29.6 Å². The molecule has 1 aliphatic heterocycles. The van der Waals surface area contributed by atoms with Crippen LogP contribution < -0.4 is 4.74 Å². The van der Waals surface area contributed by atoms with Crippen LogP contribution in [0.4, 0.5) is 4.39 Å². The average Bonchev–Trinajstić information content (AvgIpc) is 2.53. The second-order valence-corrected chi connectivity index (χ2v) is 6.00. The maximum absolute atomic E-state index is 13.6. The lowest BCUT2D eigenvalue weighted by Gasteiger charge is -2.32. The minimum absolute atomic E-state index is 0.0813. The molecule has 1 saturated heterocycles. The molecule has 1 heterocycles. The van der Waals surface area contributed by atoms with Crippen molar-refractivity contribution in [2.24, 2.45) is 5.92 Å². The molecule has 6 heteroatoms. The van der Waals surface area contributed by atoms with Crippen LogP contribution in [0.5, 0.6) is 5.75 Å². The number of hydrogen-bond donors (Lipinski definition) is 1. The lowest BCUT2D eigenvalue weighted by Crippen LogP contribution is -2.42. The van der Waals surface area contributed by atoms with Crippen molar-refractivity contribution in [3.8, 4) is 5.75 Å². The fourth-order valence-electron chi connectivity index (χ4n) is 2.81. The molecule has 1 atom stereocenters. The highest BCUT2D eigenvalue weighted by atomic mass is 19.1. The molecular weight excluding hydrogens is 301 g/mol. The number of ether oxygens (including phenoxy) is 1. The van der Waals surface area contributed by atoms with Crippen LogP contribution in [0.15, 0.2) is 18.2 Å². The quantitative estimate of drug-likeness (QED) is 0.874. The van der Waals surface area contributed by atoms with Crippen LogP contribution in [0.3, 0.4) is 0 Å². The Balaban J connectivity index is 1.85. The molecule has 1 fully saturated rings. The van der Waals surface area contributed by atoms with Gasteiger partial charge in [0.1, 0.15) is 0 Å². The summed E-state index contributed by atoms with van der Waals surface area (Å²) in [4.78, 5) is 24.5. The van der Waals surface area contributed by atoms with E-state index in [1.165, 1.54) is 6.07 Å². The molecule has 0 aliphatic carbocycles. The number of hydrogen-bond acceptors (Lipinski definition) is 3. The number of aliphatic carboxylic acids is 1. The number of rotatable bonds is 6. The largest absolute Gasteiger partial charge is 0.481 e. The summed E-state index contributed by atoms with van der Waals surface area (Å²) in [6.45, 7) is 2.81. The average molecular weight is 323 g/mol. The molecule has 0 saturated carbocycles. The molecule has 2 rings (SSSR count). The first-order chi connectivity index (χ1) is 11.0.